The number of carbonyl (C=O) groups is 1. The predicted molar refractivity (Wildman–Crippen MR) is 87.2 cm³/mol. The fraction of sp³-hybridized carbons (Fsp3) is 0.933. The van der Waals surface area contributed by atoms with Gasteiger partial charge in [-0.3, -0.25) is 0 Å². The third kappa shape index (κ3) is 7.67. The summed E-state index contributed by atoms with van der Waals surface area (Å²) in [6, 6.07) is 0. The van der Waals surface area contributed by atoms with Crippen LogP contribution < -0.4 is 0 Å². The van der Waals surface area contributed by atoms with Gasteiger partial charge < -0.3 is 24.6 Å². The maximum atomic E-state index is 12.0. The molecule has 0 unspecified atom stereocenters. The Labute approximate surface area is 137 Å². The average molecular weight is 335 g/mol. The van der Waals surface area contributed by atoms with Gasteiger partial charge in [-0.15, -0.1) is 0 Å². The summed E-state index contributed by atoms with van der Waals surface area (Å²) >= 11 is 1.76. The molecule has 6 nitrogen and oxygen atoms in total. The van der Waals surface area contributed by atoms with E-state index in [1.807, 2.05) is 20.8 Å². The minimum atomic E-state index is -0.509. The molecule has 0 aromatic carbocycles. The lowest BCUT2D eigenvalue weighted by molar-refractivity contribution is 0.0269. The number of hydrogen-bond acceptors (Lipinski definition) is 6. The molecule has 7 heteroatoms. The molecule has 1 heterocycles. The molecule has 0 radical (unpaired) electrons. The van der Waals surface area contributed by atoms with E-state index in [0.717, 1.165) is 17.9 Å². The van der Waals surface area contributed by atoms with Crippen LogP contribution in [-0.2, 0) is 9.47 Å². The van der Waals surface area contributed by atoms with Crippen molar-refractivity contribution in [2.24, 2.45) is 5.92 Å². The Morgan fingerprint density at radius 3 is 2.64 bits per heavy atom. The molecule has 2 atom stereocenters. The van der Waals surface area contributed by atoms with Gasteiger partial charge in [-0.2, -0.15) is 11.8 Å². The molecule has 0 aromatic heterocycles. The molecule has 1 aliphatic rings. The molecular weight excluding hydrogens is 306 g/mol. The number of carbonyl (C=O) groups excluding carboxylic acids is 1. The highest BCUT2D eigenvalue weighted by molar-refractivity contribution is 7.99. The first-order valence-corrected chi connectivity index (χ1v) is 8.91. The number of likely N-dealkylation sites (tertiary alicyclic amines) is 1. The molecule has 130 valence electrons. The summed E-state index contributed by atoms with van der Waals surface area (Å²) in [5.41, 5.74) is -0.509. The van der Waals surface area contributed by atoms with Gasteiger partial charge in [0.05, 0.1) is 32.5 Å². The SMILES string of the molecule is CC(C)(C)OC(=O)N1C[C@H](CCSCCOCCO)[C@@H](O)C1. The normalized spacial score (nSPS) is 22.1. The monoisotopic (exact) mass is 335 g/mol. The predicted octanol–water partition coefficient (Wildman–Crippen LogP) is 1.35. The van der Waals surface area contributed by atoms with E-state index in [1.54, 1.807) is 16.7 Å². The molecule has 0 aromatic rings. The van der Waals surface area contributed by atoms with Crippen molar-refractivity contribution in [1.29, 1.82) is 0 Å². The second kappa shape index (κ2) is 9.60. The first kappa shape index (κ1) is 19.5. The average Bonchev–Trinajstić information content (AvgIpc) is 2.77. The molecule has 1 rings (SSSR count). The van der Waals surface area contributed by atoms with Crippen molar-refractivity contribution in [2.45, 2.75) is 38.9 Å². The molecule has 0 aliphatic carbocycles. The molecule has 1 saturated heterocycles. The number of hydrogen-bond donors (Lipinski definition) is 2. The van der Waals surface area contributed by atoms with E-state index in [1.165, 1.54) is 0 Å². The lowest BCUT2D eigenvalue weighted by atomic mass is 10.0. The van der Waals surface area contributed by atoms with Crippen LogP contribution in [0.3, 0.4) is 0 Å². The van der Waals surface area contributed by atoms with Gasteiger partial charge in [0.25, 0.3) is 0 Å². The summed E-state index contributed by atoms with van der Waals surface area (Å²) in [7, 11) is 0. The zero-order valence-corrected chi connectivity index (χ0v) is 14.6. The van der Waals surface area contributed by atoms with Gasteiger partial charge in [0, 0.05) is 18.2 Å². The summed E-state index contributed by atoms with van der Waals surface area (Å²) in [5.74, 6) is 1.91. The molecule has 1 amide bonds. The Balaban J connectivity index is 2.19. The third-order valence-electron chi connectivity index (χ3n) is 3.30. The second-order valence-corrected chi connectivity index (χ2v) is 7.67. The molecule has 0 saturated carbocycles. The fourth-order valence-corrected chi connectivity index (χ4v) is 3.14. The minimum Gasteiger partial charge on any atom is -0.444 e. The van der Waals surface area contributed by atoms with Crippen LogP contribution in [0.5, 0.6) is 0 Å². The zero-order valence-electron chi connectivity index (χ0n) is 13.8. The number of aliphatic hydroxyl groups excluding tert-OH is 2. The van der Waals surface area contributed by atoms with Crippen molar-refractivity contribution in [3.05, 3.63) is 0 Å². The van der Waals surface area contributed by atoms with Gasteiger partial charge in [0.2, 0.25) is 0 Å². The van der Waals surface area contributed by atoms with Crippen LogP contribution in [0.15, 0.2) is 0 Å². The Kier molecular flexibility index (Phi) is 8.53. The summed E-state index contributed by atoms with van der Waals surface area (Å²) in [6.45, 7) is 7.48. The minimum absolute atomic E-state index is 0.0550. The highest BCUT2D eigenvalue weighted by atomic mass is 32.2. The topological polar surface area (TPSA) is 79.2 Å². The van der Waals surface area contributed by atoms with E-state index in [4.69, 9.17) is 14.6 Å². The van der Waals surface area contributed by atoms with Crippen LogP contribution in [-0.4, -0.2) is 77.3 Å². The van der Waals surface area contributed by atoms with Crippen molar-refractivity contribution in [3.8, 4) is 0 Å². The van der Waals surface area contributed by atoms with Gasteiger partial charge in [0.1, 0.15) is 5.60 Å². The molecule has 0 bridgehead atoms. The fourth-order valence-electron chi connectivity index (χ4n) is 2.23. The number of rotatable bonds is 8. The first-order chi connectivity index (χ1) is 10.3. The smallest absolute Gasteiger partial charge is 0.410 e. The van der Waals surface area contributed by atoms with Gasteiger partial charge in [-0.1, -0.05) is 0 Å². The van der Waals surface area contributed by atoms with Crippen molar-refractivity contribution < 1.29 is 24.5 Å². The Hall–Kier alpha value is -0.500. The van der Waals surface area contributed by atoms with E-state index in [9.17, 15) is 9.90 Å². The zero-order chi connectivity index (χ0) is 16.6. The molecule has 1 aliphatic heterocycles. The van der Waals surface area contributed by atoms with Crippen molar-refractivity contribution >= 4 is 17.9 Å². The number of nitrogens with zero attached hydrogens (tertiary/aromatic N) is 1. The van der Waals surface area contributed by atoms with E-state index in [-0.39, 0.29) is 18.6 Å². The van der Waals surface area contributed by atoms with Crippen LogP contribution in [0.1, 0.15) is 27.2 Å². The lowest BCUT2D eigenvalue weighted by Crippen LogP contribution is -2.35. The van der Waals surface area contributed by atoms with Crippen molar-refractivity contribution in [2.75, 3.05) is 44.4 Å². The van der Waals surface area contributed by atoms with Crippen LogP contribution in [0.25, 0.3) is 0 Å². The molecule has 1 fully saturated rings. The van der Waals surface area contributed by atoms with Crippen LogP contribution >= 0.6 is 11.8 Å². The summed E-state index contributed by atoms with van der Waals surface area (Å²) in [4.78, 5) is 13.6. The van der Waals surface area contributed by atoms with Gasteiger partial charge in [-0.05, 0) is 32.9 Å². The van der Waals surface area contributed by atoms with Gasteiger partial charge >= 0.3 is 6.09 Å². The highest BCUT2D eigenvalue weighted by Gasteiger charge is 2.35. The van der Waals surface area contributed by atoms with Crippen molar-refractivity contribution in [3.63, 3.8) is 0 Å². The van der Waals surface area contributed by atoms with Gasteiger partial charge in [0.15, 0.2) is 0 Å². The summed E-state index contributed by atoms with van der Waals surface area (Å²) < 4.78 is 10.5. The van der Waals surface area contributed by atoms with Gasteiger partial charge in [-0.25, -0.2) is 4.79 Å². The number of amides is 1. The van der Waals surface area contributed by atoms with Crippen LogP contribution in [0, 0.1) is 5.92 Å². The van der Waals surface area contributed by atoms with E-state index >= 15 is 0 Å². The van der Waals surface area contributed by atoms with Crippen LogP contribution in [0.4, 0.5) is 4.79 Å². The van der Waals surface area contributed by atoms with Crippen molar-refractivity contribution in [1.82, 2.24) is 4.90 Å². The second-order valence-electron chi connectivity index (χ2n) is 6.45. The number of thioether (sulfide) groups is 1. The molecule has 0 spiro atoms. The third-order valence-corrected chi connectivity index (χ3v) is 4.28. The Morgan fingerprint density at radius 2 is 2.00 bits per heavy atom. The number of ether oxygens (including phenoxy) is 2. The standard InChI is InChI=1S/C15H29NO5S/c1-15(2,3)21-14(19)16-10-12(13(18)11-16)4-8-22-9-7-20-6-5-17/h12-13,17-18H,4-11H2,1-3H3/t12-,13-/m0/s1. The Morgan fingerprint density at radius 1 is 1.27 bits per heavy atom. The lowest BCUT2D eigenvalue weighted by Gasteiger charge is -2.24. The summed E-state index contributed by atoms with van der Waals surface area (Å²) in [5, 5.41) is 18.6. The number of aliphatic hydroxyl groups is 2. The Bertz CT molecular complexity index is 334. The molecular formula is C15H29NO5S. The van der Waals surface area contributed by atoms with E-state index in [2.05, 4.69) is 0 Å². The molecule has 2 N–H and O–H groups in total. The van der Waals surface area contributed by atoms with E-state index < -0.39 is 11.7 Å². The number of β-amino-alcohol motifs (C(OH)–C–C–N with tert-alkyl or cyclic N) is 1. The van der Waals surface area contributed by atoms with Crippen LogP contribution in [0.2, 0.25) is 0 Å². The van der Waals surface area contributed by atoms with E-state index in [0.29, 0.717) is 26.3 Å². The first-order valence-electron chi connectivity index (χ1n) is 7.76. The molecule has 22 heavy (non-hydrogen) atoms. The summed E-state index contributed by atoms with van der Waals surface area (Å²) in [6.07, 6.45) is 0.0448. The maximum Gasteiger partial charge on any atom is 0.410 e. The maximum absolute atomic E-state index is 12.0. The highest BCUT2D eigenvalue weighted by Crippen LogP contribution is 2.24. The quantitative estimate of drug-likeness (QED) is 0.652. The largest absolute Gasteiger partial charge is 0.444 e.